The summed E-state index contributed by atoms with van der Waals surface area (Å²) in [6.45, 7) is 5.22. The van der Waals surface area contributed by atoms with Gasteiger partial charge in [0, 0.05) is 6.04 Å². The van der Waals surface area contributed by atoms with Crippen molar-refractivity contribution in [1.82, 2.24) is 5.32 Å². The Balaban J connectivity index is 3.60. The van der Waals surface area contributed by atoms with Gasteiger partial charge in [-0.05, 0) is 12.8 Å². The van der Waals surface area contributed by atoms with Gasteiger partial charge in [0.25, 0.3) is 0 Å². The molecule has 0 aliphatic rings. The van der Waals surface area contributed by atoms with E-state index in [2.05, 4.69) is 10.1 Å². The molecule has 1 atom stereocenters. The molecule has 5 nitrogen and oxygen atoms in total. The fraction of sp³-hybridized carbons (Fsp3) is 0.778. The maximum atomic E-state index is 11.1. The molecule has 0 saturated heterocycles. The van der Waals surface area contributed by atoms with E-state index >= 15 is 0 Å². The molecule has 0 aromatic heterocycles. The highest BCUT2D eigenvalue weighted by molar-refractivity contribution is 5.78. The van der Waals surface area contributed by atoms with Crippen LogP contribution in [0.1, 0.15) is 20.8 Å². The molecule has 0 radical (unpaired) electrons. The number of rotatable bonds is 6. The van der Waals surface area contributed by atoms with Gasteiger partial charge in [-0.1, -0.05) is 13.8 Å². The number of ether oxygens (including phenoxy) is 1. The van der Waals surface area contributed by atoms with Gasteiger partial charge in [0.15, 0.2) is 0 Å². The van der Waals surface area contributed by atoms with Crippen LogP contribution in [0, 0.1) is 5.92 Å². The van der Waals surface area contributed by atoms with Crippen molar-refractivity contribution in [3.8, 4) is 0 Å². The fourth-order valence-corrected chi connectivity index (χ4v) is 0.693. The van der Waals surface area contributed by atoms with Crippen LogP contribution < -0.4 is 5.32 Å². The Bertz CT molecular complexity index is 203. The summed E-state index contributed by atoms with van der Waals surface area (Å²) < 4.78 is 4.63. The lowest BCUT2D eigenvalue weighted by atomic mass is 10.1. The van der Waals surface area contributed by atoms with Crippen molar-refractivity contribution < 1.29 is 19.4 Å². The third-order valence-electron chi connectivity index (χ3n) is 1.85. The lowest BCUT2D eigenvalue weighted by Gasteiger charge is -2.16. The van der Waals surface area contributed by atoms with Crippen molar-refractivity contribution in [3.05, 3.63) is 0 Å². The van der Waals surface area contributed by atoms with E-state index < -0.39 is 12.6 Å². The van der Waals surface area contributed by atoms with E-state index in [1.54, 1.807) is 0 Å². The molecule has 2 N–H and O–H groups in total. The Hall–Kier alpha value is -1.10. The monoisotopic (exact) mass is 203 g/mol. The van der Waals surface area contributed by atoms with Crippen molar-refractivity contribution in [2.24, 2.45) is 5.92 Å². The van der Waals surface area contributed by atoms with E-state index in [0.717, 1.165) is 0 Å². The van der Waals surface area contributed by atoms with Crippen LogP contribution >= 0.6 is 0 Å². The maximum Gasteiger partial charge on any atom is 0.329 e. The molecule has 0 saturated carbocycles. The third-order valence-corrected chi connectivity index (χ3v) is 1.85. The average molecular weight is 203 g/mol. The number of carboxylic acid groups (broad SMARTS) is 1. The van der Waals surface area contributed by atoms with Crippen LogP contribution in [0.15, 0.2) is 0 Å². The van der Waals surface area contributed by atoms with Gasteiger partial charge in [0.05, 0.1) is 0 Å². The van der Waals surface area contributed by atoms with Crippen LogP contribution in [0.25, 0.3) is 0 Å². The highest BCUT2D eigenvalue weighted by atomic mass is 16.5. The third kappa shape index (κ3) is 6.42. The summed E-state index contributed by atoms with van der Waals surface area (Å²) in [5, 5.41) is 10.9. The Morgan fingerprint density at radius 2 is 1.86 bits per heavy atom. The topological polar surface area (TPSA) is 75.6 Å². The maximum absolute atomic E-state index is 11.1. The van der Waals surface area contributed by atoms with E-state index in [1.165, 1.54) is 0 Å². The lowest BCUT2D eigenvalue weighted by Crippen LogP contribution is -2.38. The molecule has 0 aromatic carbocycles. The Morgan fingerprint density at radius 1 is 1.29 bits per heavy atom. The van der Waals surface area contributed by atoms with Gasteiger partial charge in [-0.25, -0.2) is 4.79 Å². The number of hydrogen-bond donors (Lipinski definition) is 2. The number of nitrogens with one attached hydrogen (secondary N) is 1. The molecule has 0 heterocycles. The zero-order chi connectivity index (χ0) is 11.1. The largest absolute Gasteiger partial charge is 0.480 e. The van der Waals surface area contributed by atoms with Gasteiger partial charge in [0.1, 0.15) is 13.2 Å². The van der Waals surface area contributed by atoms with Crippen molar-refractivity contribution in [2.75, 3.05) is 13.2 Å². The SMILES string of the molecule is CC(C)C(C)NC(=O)COCC(=O)O. The van der Waals surface area contributed by atoms with Crippen LogP contribution in [-0.2, 0) is 14.3 Å². The first kappa shape index (κ1) is 12.9. The van der Waals surface area contributed by atoms with Crippen LogP contribution in [0.2, 0.25) is 0 Å². The van der Waals surface area contributed by atoms with E-state index in [1.807, 2.05) is 20.8 Å². The van der Waals surface area contributed by atoms with Crippen molar-refractivity contribution in [1.29, 1.82) is 0 Å². The molecule has 5 heteroatoms. The number of carbonyl (C=O) groups is 2. The number of amides is 1. The number of hydrogen-bond acceptors (Lipinski definition) is 3. The normalized spacial score (nSPS) is 12.6. The quantitative estimate of drug-likeness (QED) is 0.648. The summed E-state index contributed by atoms with van der Waals surface area (Å²) in [6, 6.07) is 0.0657. The molecule has 14 heavy (non-hydrogen) atoms. The predicted octanol–water partition coefficient (Wildman–Crippen LogP) is 0.248. The number of carboxylic acids is 1. The molecule has 0 fully saturated rings. The van der Waals surface area contributed by atoms with Crippen LogP contribution in [0.5, 0.6) is 0 Å². The second kappa shape index (κ2) is 6.37. The van der Waals surface area contributed by atoms with Crippen LogP contribution in [0.3, 0.4) is 0 Å². The van der Waals surface area contributed by atoms with Gasteiger partial charge < -0.3 is 15.2 Å². The molecular weight excluding hydrogens is 186 g/mol. The zero-order valence-electron chi connectivity index (χ0n) is 8.74. The van der Waals surface area contributed by atoms with Gasteiger partial charge in [0.2, 0.25) is 5.91 Å². The Morgan fingerprint density at radius 3 is 2.29 bits per heavy atom. The highest BCUT2D eigenvalue weighted by Gasteiger charge is 2.10. The zero-order valence-corrected chi connectivity index (χ0v) is 8.74. The summed E-state index contributed by atoms with van der Waals surface area (Å²) in [5.74, 6) is -1.01. The predicted molar refractivity (Wildman–Crippen MR) is 50.9 cm³/mol. The molecule has 0 aliphatic heterocycles. The molecule has 82 valence electrons. The average Bonchev–Trinajstić information content (AvgIpc) is 2.02. The molecule has 0 aromatic rings. The van der Waals surface area contributed by atoms with Gasteiger partial charge in [-0.2, -0.15) is 0 Å². The second-order valence-electron chi connectivity index (χ2n) is 3.49. The van der Waals surface area contributed by atoms with Gasteiger partial charge in [-0.3, -0.25) is 4.79 Å². The summed E-state index contributed by atoms with van der Waals surface area (Å²) >= 11 is 0. The molecule has 0 rings (SSSR count). The minimum atomic E-state index is -1.07. The summed E-state index contributed by atoms with van der Waals surface area (Å²) in [7, 11) is 0. The van der Waals surface area contributed by atoms with Gasteiger partial charge in [-0.15, -0.1) is 0 Å². The summed E-state index contributed by atoms with van der Waals surface area (Å²) in [6.07, 6.45) is 0. The number of aliphatic carboxylic acids is 1. The molecule has 0 bridgehead atoms. The second-order valence-corrected chi connectivity index (χ2v) is 3.49. The minimum Gasteiger partial charge on any atom is -0.480 e. The Labute approximate surface area is 83.4 Å². The molecular formula is C9H17NO4. The smallest absolute Gasteiger partial charge is 0.329 e. The molecule has 0 spiro atoms. The molecule has 1 amide bonds. The van der Waals surface area contributed by atoms with Crippen molar-refractivity contribution in [3.63, 3.8) is 0 Å². The molecule has 0 aliphatic carbocycles. The van der Waals surface area contributed by atoms with E-state index in [-0.39, 0.29) is 18.6 Å². The van der Waals surface area contributed by atoms with E-state index in [4.69, 9.17) is 5.11 Å². The summed E-state index contributed by atoms with van der Waals surface area (Å²) in [5.41, 5.74) is 0. The van der Waals surface area contributed by atoms with Crippen molar-refractivity contribution in [2.45, 2.75) is 26.8 Å². The van der Waals surface area contributed by atoms with E-state index in [0.29, 0.717) is 5.92 Å². The first-order valence-corrected chi connectivity index (χ1v) is 4.52. The van der Waals surface area contributed by atoms with Crippen LogP contribution in [-0.4, -0.2) is 36.2 Å². The summed E-state index contributed by atoms with van der Waals surface area (Å²) in [4.78, 5) is 21.2. The standard InChI is InChI=1S/C9H17NO4/c1-6(2)7(3)10-8(11)4-14-5-9(12)13/h6-7H,4-5H2,1-3H3,(H,10,11)(H,12,13). The van der Waals surface area contributed by atoms with Crippen molar-refractivity contribution >= 4 is 11.9 Å². The molecule has 1 unspecified atom stereocenters. The minimum absolute atomic E-state index is 0.0657. The number of carbonyl (C=O) groups excluding carboxylic acids is 1. The lowest BCUT2D eigenvalue weighted by molar-refractivity contribution is -0.143. The first-order valence-electron chi connectivity index (χ1n) is 4.52. The van der Waals surface area contributed by atoms with Gasteiger partial charge >= 0.3 is 5.97 Å². The van der Waals surface area contributed by atoms with Crippen LogP contribution in [0.4, 0.5) is 0 Å². The fourth-order valence-electron chi connectivity index (χ4n) is 0.693. The first-order chi connectivity index (χ1) is 6.43. The van der Waals surface area contributed by atoms with E-state index in [9.17, 15) is 9.59 Å². The highest BCUT2D eigenvalue weighted by Crippen LogP contribution is 1.98. The Kier molecular flexibility index (Phi) is 5.87.